The molecule has 1 aliphatic rings. The monoisotopic (exact) mass is 305 g/mol. The molecule has 0 N–H and O–H groups in total. The topological polar surface area (TPSA) is 48.4 Å². The third-order valence-electron chi connectivity index (χ3n) is 3.79. The van der Waals surface area contributed by atoms with Crippen LogP contribution in [0, 0.1) is 5.92 Å². The number of nitrogens with zero attached hydrogens (tertiary/aromatic N) is 1. The number of fused-ring (bicyclic) bond motifs is 1. The van der Waals surface area contributed by atoms with E-state index < -0.39 is 0 Å². The quantitative estimate of drug-likeness (QED) is 0.673. The highest BCUT2D eigenvalue weighted by atomic mass is 16.5. The molecule has 4 rings (SSSR count). The van der Waals surface area contributed by atoms with Gasteiger partial charge in [-0.1, -0.05) is 18.2 Å². The van der Waals surface area contributed by atoms with E-state index >= 15 is 0 Å². The highest BCUT2D eigenvalue weighted by Gasteiger charge is 2.31. The molecule has 1 fully saturated rings. The summed E-state index contributed by atoms with van der Waals surface area (Å²) in [6.07, 6.45) is 5.17. The van der Waals surface area contributed by atoms with E-state index in [4.69, 9.17) is 9.47 Å². The van der Waals surface area contributed by atoms with Gasteiger partial charge in [0.15, 0.2) is 5.75 Å². The standard InChI is InChI=1S/C19H15NO3/c21-19(13-6-7-13)23-18-12-20-11-14-10-16(8-9-17(14)18)22-15-4-2-1-3-5-15/h1-5,8-13H,6-7H2. The maximum atomic E-state index is 11.9. The minimum atomic E-state index is -0.163. The average molecular weight is 305 g/mol. The molecule has 0 saturated heterocycles. The molecule has 2 aromatic carbocycles. The Bertz CT molecular complexity index is 857. The second kappa shape index (κ2) is 5.72. The van der Waals surface area contributed by atoms with Crippen LogP contribution in [0.3, 0.4) is 0 Å². The molecule has 1 heterocycles. The van der Waals surface area contributed by atoms with Crippen LogP contribution < -0.4 is 9.47 Å². The van der Waals surface area contributed by atoms with Gasteiger partial charge in [-0.3, -0.25) is 9.78 Å². The average Bonchev–Trinajstić information content (AvgIpc) is 3.41. The molecule has 0 radical (unpaired) electrons. The molecule has 0 bridgehead atoms. The van der Waals surface area contributed by atoms with Gasteiger partial charge in [-0.25, -0.2) is 0 Å². The van der Waals surface area contributed by atoms with E-state index in [-0.39, 0.29) is 11.9 Å². The number of rotatable bonds is 4. The molecule has 4 heteroatoms. The van der Waals surface area contributed by atoms with E-state index in [1.807, 2.05) is 48.5 Å². The number of hydrogen-bond donors (Lipinski definition) is 0. The van der Waals surface area contributed by atoms with Crippen molar-refractivity contribution in [2.45, 2.75) is 12.8 Å². The Labute approximate surface area is 133 Å². The fraction of sp³-hybridized carbons (Fsp3) is 0.158. The smallest absolute Gasteiger partial charge is 0.314 e. The van der Waals surface area contributed by atoms with Crippen LogP contribution in [0.4, 0.5) is 0 Å². The minimum Gasteiger partial charge on any atom is -0.457 e. The van der Waals surface area contributed by atoms with Gasteiger partial charge in [-0.05, 0) is 43.2 Å². The summed E-state index contributed by atoms with van der Waals surface area (Å²) < 4.78 is 11.3. The number of carbonyl (C=O) groups excluding carboxylic acids is 1. The van der Waals surface area contributed by atoms with Gasteiger partial charge in [0.2, 0.25) is 0 Å². The minimum absolute atomic E-state index is 0.0611. The van der Waals surface area contributed by atoms with Gasteiger partial charge in [0.05, 0.1) is 12.1 Å². The molecule has 0 amide bonds. The molecule has 1 aromatic heterocycles. The molecule has 114 valence electrons. The molecular weight excluding hydrogens is 290 g/mol. The summed E-state index contributed by atoms with van der Waals surface area (Å²) in [5, 5.41) is 1.73. The zero-order chi connectivity index (χ0) is 15.6. The number of benzene rings is 2. The fourth-order valence-electron chi connectivity index (χ4n) is 2.41. The molecular formula is C19H15NO3. The maximum Gasteiger partial charge on any atom is 0.314 e. The maximum absolute atomic E-state index is 11.9. The van der Waals surface area contributed by atoms with Crippen LogP contribution >= 0.6 is 0 Å². The van der Waals surface area contributed by atoms with Crippen LogP contribution in [-0.4, -0.2) is 11.0 Å². The van der Waals surface area contributed by atoms with Gasteiger partial charge in [-0.2, -0.15) is 0 Å². The second-order valence-corrected chi connectivity index (χ2v) is 5.63. The highest BCUT2D eigenvalue weighted by Crippen LogP contribution is 2.34. The lowest BCUT2D eigenvalue weighted by Crippen LogP contribution is -2.10. The van der Waals surface area contributed by atoms with Gasteiger partial charge < -0.3 is 9.47 Å². The highest BCUT2D eigenvalue weighted by molar-refractivity contribution is 5.91. The first-order chi connectivity index (χ1) is 11.3. The Hall–Kier alpha value is -2.88. The van der Waals surface area contributed by atoms with Crippen molar-refractivity contribution in [1.82, 2.24) is 4.98 Å². The van der Waals surface area contributed by atoms with E-state index in [1.54, 1.807) is 12.4 Å². The zero-order valence-electron chi connectivity index (χ0n) is 12.4. The fourth-order valence-corrected chi connectivity index (χ4v) is 2.41. The first-order valence-electron chi connectivity index (χ1n) is 7.62. The Morgan fingerprint density at radius 2 is 1.83 bits per heavy atom. The van der Waals surface area contributed by atoms with Crippen LogP contribution in [0.25, 0.3) is 10.8 Å². The van der Waals surface area contributed by atoms with Crippen molar-refractivity contribution in [1.29, 1.82) is 0 Å². The number of para-hydroxylation sites is 1. The van der Waals surface area contributed by atoms with E-state index in [0.29, 0.717) is 5.75 Å². The molecule has 0 spiro atoms. The number of hydrogen-bond acceptors (Lipinski definition) is 4. The van der Waals surface area contributed by atoms with Crippen LogP contribution in [0.15, 0.2) is 60.9 Å². The van der Waals surface area contributed by atoms with Crippen molar-refractivity contribution in [3.8, 4) is 17.2 Å². The summed E-state index contributed by atoms with van der Waals surface area (Å²) in [6, 6.07) is 15.2. The van der Waals surface area contributed by atoms with Crippen molar-refractivity contribution >= 4 is 16.7 Å². The first kappa shape index (κ1) is 13.8. The number of ether oxygens (including phenoxy) is 2. The summed E-state index contributed by atoms with van der Waals surface area (Å²) in [7, 11) is 0. The van der Waals surface area contributed by atoms with Crippen molar-refractivity contribution in [3.05, 3.63) is 60.9 Å². The molecule has 0 unspecified atom stereocenters. The summed E-state index contributed by atoms with van der Waals surface area (Å²) in [4.78, 5) is 16.0. The van der Waals surface area contributed by atoms with Gasteiger partial charge in [-0.15, -0.1) is 0 Å². The van der Waals surface area contributed by atoms with Crippen molar-refractivity contribution in [2.24, 2.45) is 5.92 Å². The van der Waals surface area contributed by atoms with Crippen LogP contribution in [0.2, 0.25) is 0 Å². The van der Waals surface area contributed by atoms with E-state index in [0.717, 1.165) is 35.1 Å². The molecule has 1 saturated carbocycles. The summed E-state index contributed by atoms with van der Waals surface area (Å²) >= 11 is 0. The van der Waals surface area contributed by atoms with Gasteiger partial charge in [0.1, 0.15) is 11.5 Å². The summed E-state index contributed by atoms with van der Waals surface area (Å²) in [5.74, 6) is 1.90. The Balaban J connectivity index is 1.63. The zero-order valence-corrected chi connectivity index (χ0v) is 12.4. The van der Waals surface area contributed by atoms with Crippen molar-refractivity contribution in [3.63, 3.8) is 0 Å². The normalized spacial score (nSPS) is 13.7. The summed E-state index contributed by atoms with van der Waals surface area (Å²) in [5.41, 5.74) is 0. The van der Waals surface area contributed by atoms with Crippen LogP contribution in [0.5, 0.6) is 17.2 Å². The Kier molecular flexibility index (Phi) is 3.42. The number of carbonyl (C=O) groups is 1. The lowest BCUT2D eigenvalue weighted by atomic mass is 10.1. The van der Waals surface area contributed by atoms with Crippen LogP contribution in [0.1, 0.15) is 12.8 Å². The lowest BCUT2D eigenvalue weighted by molar-refractivity contribution is -0.135. The lowest BCUT2D eigenvalue weighted by Gasteiger charge is -2.09. The molecule has 1 aliphatic carbocycles. The van der Waals surface area contributed by atoms with Crippen molar-refractivity contribution < 1.29 is 14.3 Å². The largest absolute Gasteiger partial charge is 0.457 e. The van der Waals surface area contributed by atoms with Gasteiger partial charge in [0, 0.05) is 17.0 Å². The second-order valence-electron chi connectivity index (χ2n) is 5.63. The van der Waals surface area contributed by atoms with Crippen LogP contribution in [-0.2, 0) is 4.79 Å². The predicted octanol–water partition coefficient (Wildman–Crippen LogP) is 4.34. The van der Waals surface area contributed by atoms with E-state index in [9.17, 15) is 4.79 Å². The van der Waals surface area contributed by atoms with Gasteiger partial charge >= 0.3 is 5.97 Å². The van der Waals surface area contributed by atoms with Gasteiger partial charge in [0.25, 0.3) is 0 Å². The number of esters is 1. The molecule has 4 nitrogen and oxygen atoms in total. The Morgan fingerprint density at radius 1 is 1.00 bits per heavy atom. The molecule has 23 heavy (non-hydrogen) atoms. The third-order valence-corrected chi connectivity index (χ3v) is 3.79. The first-order valence-corrected chi connectivity index (χ1v) is 7.62. The SMILES string of the molecule is O=C(Oc1cncc2cc(Oc3ccccc3)ccc12)C1CC1. The van der Waals surface area contributed by atoms with E-state index in [2.05, 4.69) is 4.98 Å². The molecule has 3 aromatic rings. The van der Waals surface area contributed by atoms with E-state index in [1.165, 1.54) is 0 Å². The predicted molar refractivity (Wildman–Crippen MR) is 86.6 cm³/mol. The third kappa shape index (κ3) is 3.01. The number of aromatic nitrogens is 1. The molecule has 0 atom stereocenters. The molecule has 0 aliphatic heterocycles. The number of pyridine rings is 1. The Morgan fingerprint density at radius 3 is 2.61 bits per heavy atom. The van der Waals surface area contributed by atoms with Crippen molar-refractivity contribution in [2.75, 3.05) is 0 Å². The summed E-state index contributed by atoms with van der Waals surface area (Å²) in [6.45, 7) is 0.